The molecule has 1 unspecified atom stereocenters. The van der Waals surface area contributed by atoms with Gasteiger partial charge < -0.3 is 10.1 Å². The topological polar surface area (TPSA) is 47.0 Å². The van der Waals surface area contributed by atoms with E-state index in [-0.39, 0.29) is 11.6 Å². The van der Waals surface area contributed by atoms with E-state index in [9.17, 15) is 0 Å². The van der Waals surface area contributed by atoms with E-state index in [1.165, 1.54) is 5.56 Å². The minimum absolute atomic E-state index is 0.00188. The van der Waals surface area contributed by atoms with Crippen LogP contribution in [0.25, 0.3) is 0 Å². The number of aryl methyl sites for hydroxylation is 2. The first-order valence-electron chi connectivity index (χ1n) is 7.40. The van der Waals surface area contributed by atoms with E-state index in [1.807, 2.05) is 0 Å². The number of hydrogen-bond acceptors (Lipinski definition) is 4. The molecule has 0 fully saturated rings. The zero-order chi connectivity index (χ0) is 15.3. The van der Waals surface area contributed by atoms with Crippen molar-refractivity contribution in [2.24, 2.45) is 0 Å². The van der Waals surface area contributed by atoms with Crippen LogP contribution in [0.2, 0.25) is 0 Å². The van der Waals surface area contributed by atoms with Crippen LogP contribution in [0.4, 0.5) is 0 Å². The summed E-state index contributed by atoms with van der Waals surface area (Å²) in [5.74, 6) is 0.809. The highest BCUT2D eigenvalue weighted by Crippen LogP contribution is 2.21. The molecule has 0 saturated carbocycles. The maximum Gasteiger partial charge on any atom is 0.157 e. The van der Waals surface area contributed by atoms with Gasteiger partial charge in [-0.15, -0.1) is 0 Å². The fraction of sp³-hybridized carbons (Fsp3) is 0.750. The van der Waals surface area contributed by atoms with E-state index in [0.29, 0.717) is 0 Å². The van der Waals surface area contributed by atoms with E-state index >= 15 is 0 Å². The second-order valence-electron chi connectivity index (χ2n) is 6.35. The molecule has 0 aliphatic carbocycles. The van der Waals surface area contributed by atoms with E-state index < -0.39 is 0 Å². The van der Waals surface area contributed by atoms with E-state index in [1.54, 1.807) is 7.11 Å². The molecule has 1 rings (SSSR count). The average molecular weight is 279 g/mol. The van der Waals surface area contributed by atoms with Crippen LogP contribution in [0.5, 0.6) is 0 Å². The Balaban J connectivity index is 2.96. The second-order valence-corrected chi connectivity index (χ2v) is 6.35. The van der Waals surface area contributed by atoms with Gasteiger partial charge in [0, 0.05) is 36.1 Å². The molecular formula is C16H29N3O. The van der Waals surface area contributed by atoms with E-state index in [0.717, 1.165) is 36.6 Å². The largest absolute Gasteiger partial charge is 0.373 e. The minimum atomic E-state index is 0.00188. The van der Waals surface area contributed by atoms with Crippen LogP contribution in [0.15, 0.2) is 0 Å². The smallest absolute Gasteiger partial charge is 0.157 e. The molecule has 1 aromatic rings. The summed E-state index contributed by atoms with van der Waals surface area (Å²) in [7, 11) is 1.73. The van der Waals surface area contributed by atoms with Crippen molar-refractivity contribution in [2.45, 2.75) is 72.6 Å². The number of hydrogen-bond donors (Lipinski definition) is 1. The van der Waals surface area contributed by atoms with Crippen molar-refractivity contribution in [3.05, 3.63) is 22.8 Å². The molecule has 0 amide bonds. The van der Waals surface area contributed by atoms with Gasteiger partial charge in [0.1, 0.15) is 6.10 Å². The number of methoxy groups -OCH3 is 1. The number of ether oxygens (including phenoxy) is 1. The van der Waals surface area contributed by atoms with Crippen molar-refractivity contribution >= 4 is 0 Å². The summed E-state index contributed by atoms with van der Waals surface area (Å²) in [6.45, 7) is 13.5. The summed E-state index contributed by atoms with van der Waals surface area (Å²) in [4.78, 5) is 9.30. The first kappa shape index (κ1) is 17.1. The first-order valence-corrected chi connectivity index (χ1v) is 7.40. The first-order chi connectivity index (χ1) is 9.28. The molecule has 0 radical (unpaired) electrons. The summed E-state index contributed by atoms with van der Waals surface area (Å²) in [6, 6.07) is 0. The maximum absolute atomic E-state index is 5.50. The molecule has 114 valence electrons. The lowest BCUT2D eigenvalue weighted by atomic mass is 10.1. The van der Waals surface area contributed by atoms with Gasteiger partial charge in [0.05, 0.1) is 0 Å². The fourth-order valence-electron chi connectivity index (χ4n) is 2.13. The van der Waals surface area contributed by atoms with Gasteiger partial charge in [-0.05, 0) is 41.0 Å². The zero-order valence-electron chi connectivity index (χ0n) is 14.0. The molecular weight excluding hydrogens is 250 g/mol. The van der Waals surface area contributed by atoms with Gasteiger partial charge in [-0.1, -0.05) is 13.3 Å². The maximum atomic E-state index is 5.50. The summed E-state index contributed by atoms with van der Waals surface area (Å²) < 4.78 is 5.50. The van der Waals surface area contributed by atoms with Crippen LogP contribution in [0, 0.1) is 13.8 Å². The number of nitrogens with one attached hydrogen (secondary N) is 1. The molecule has 0 saturated heterocycles. The Morgan fingerprint density at radius 3 is 2.10 bits per heavy atom. The van der Waals surface area contributed by atoms with Crippen LogP contribution in [-0.2, 0) is 11.3 Å². The van der Waals surface area contributed by atoms with Crippen molar-refractivity contribution in [3.63, 3.8) is 0 Å². The van der Waals surface area contributed by atoms with Crippen LogP contribution in [0.1, 0.15) is 69.4 Å². The third kappa shape index (κ3) is 4.84. The van der Waals surface area contributed by atoms with Gasteiger partial charge in [-0.25, -0.2) is 9.97 Å². The highest BCUT2D eigenvalue weighted by molar-refractivity contribution is 5.25. The molecule has 0 aliphatic heterocycles. The molecule has 0 aromatic carbocycles. The second kappa shape index (κ2) is 7.14. The van der Waals surface area contributed by atoms with Crippen LogP contribution < -0.4 is 5.32 Å². The average Bonchev–Trinajstić information content (AvgIpc) is 2.33. The van der Waals surface area contributed by atoms with Crippen LogP contribution in [0.3, 0.4) is 0 Å². The Labute approximate surface area is 123 Å². The Hall–Kier alpha value is -1.00. The lowest BCUT2D eigenvalue weighted by molar-refractivity contribution is 0.0872. The van der Waals surface area contributed by atoms with Crippen molar-refractivity contribution in [2.75, 3.05) is 7.11 Å². The summed E-state index contributed by atoms with van der Waals surface area (Å²) >= 11 is 0. The molecule has 4 nitrogen and oxygen atoms in total. The van der Waals surface area contributed by atoms with E-state index in [4.69, 9.17) is 4.74 Å². The van der Waals surface area contributed by atoms with Crippen molar-refractivity contribution in [1.29, 1.82) is 0 Å². The Kier molecular flexibility index (Phi) is 6.08. The van der Waals surface area contributed by atoms with Crippen LogP contribution >= 0.6 is 0 Å². The van der Waals surface area contributed by atoms with Crippen LogP contribution in [-0.4, -0.2) is 22.6 Å². The van der Waals surface area contributed by atoms with Gasteiger partial charge in [-0.2, -0.15) is 0 Å². The molecule has 0 aliphatic rings. The number of aromatic nitrogens is 2. The molecule has 1 atom stereocenters. The van der Waals surface area contributed by atoms with Gasteiger partial charge in [0.2, 0.25) is 0 Å². The quantitative estimate of drug-likeness (QED) is 0.866. The fourth-order valence-corrected chi connectivity index (χ4v) is 2.13. The highest BCUT2D eigenvalue weighted by Gasteiger charge is 2.17. The Morgan fingerprint density at radius 1 is 1.15 bits per heavy atom. The molecule has 4 heteroatoms. The highest BCUT2D eigenvalue weighted by atomic mass is 16.5. The molecule has 0 spiro atoms. The van der Waals surface area contributed by atoms with Gasteiger partial charge in [0.25, 0.3) is 0 Å². The van der Waals surface area contributed by atoms with Crippen molar-refractivity contribution < 1.29 is 4.74 Å². The summed E-state index contributed by atoms with van der Waals surface area (Å²) in [6.07, 6.45) is 2.02. The predicted molar refractivity (Wildman–Crippen MR) is 82.8 cm³/mol. The SMILES string of the molecule is CCCC(OC)c1nc(C)c(CNC(C)(C)C)c(C)n1. The summed E-state index contributed by atoms with van der Waals surface area (Å²) in [5, 5.41) is 3.50. The monoisotopic (exact) mass is 279 g/mol. The number of nitrogens with zero attached hydrogens (tertiary/aromatic N) is 2. The van der Waals surface area contributed by atoms with Crippen molar-refractivity contribution in [1.82, 2.24) is 15.3 Å². The molecule has 20 heavy (non-hydrogen) atoms. The molecule has 1 heterocycles. The lowest BCUT2D eigenvalue weighted by Gasteiger charge is -2.22. The normalized spacial score (nSPS) is 13.6. The van der Waals surface area contributed by atoms with Gasteiger partial charge >= 0.3 is 0 Å². The summed E-state index contributed by atoms with van der Waals surface area (Å²) in [5.41, 5.74) is 3.37. The van der Waals surface area contributed by atoms with Gasteiger partial charge in [-0.3, -0.25) is 0 Å². The minimum Gasteiger partial charge on any atom is -0.373 e. The van der Waals surface area contributed by atoms with Gasteiger partial charge in [0.15, 0.2) is 5.82 Å². The van der Waals surface area contributed by atoms with Crippen molar-refractivity contribution in [3.8, 4) is 0 Å². The Morgan fingerprint density at radius 2 is 1.70 bits per heavy atom. The Bertz CT molecular complexity index is 415. The molecule has 1 aromatic heterocycles. The number of rotatable bonds is 6. The standard InChI is InChI=1S/C16H29N3O/c1-8-9-14(20-7)15-18-11(2)13(12(3)19-15)10-17-16(4,5)6/h14,17H,8-10H2,1-7H3. The predicted octanol–water partition coefficient (Wildman–Crippen LogP) is 3.47. The van der Waals surface area contributed by atoms with E-state index in [2.05, 4.69) is 56.8 Å². The lowest BCUT2D eigenvalue weighted by Crippen LogP contribution is -2.35. The molecule has 0 bridgehead atoms. The zero-order valence-corrected chi connectivity index (χ0v) is 14.0. The third-order valence-corrected chi connectivity index (χ3v) is 3.36. The third-order valence-electron chi connectivity index (χ3n) is 3.36. The molecule has 1 N–H and O–H groups in total.